The zero-order valence-electron chi connectivity index (χ0n) is 16.5. The summed E-state index contributed by atoms with van der Waals surface area (Å²) in [6, 6.07) is 23.8. The number of carbonyl (C=O) groups excluding carboxylic acids is 2. The van der Waals surface area contributed by atoms with Crippen molar-refractivity contribution in [2.24, 2.45) is 0 Å². The van der Waals surface area contributed by atoms with Crippen molar-refractivity contribution >= 4 is 34.8 Å². The van der Waals surface area contributed by atoms with Crippen molar-refractivity contribution in [2.45, 2.75) is 4.90 Å². The fourth-order valence-electron chi connectivity index (χ4n) is 3.26. The fourth-order valence-corrected chi connectivity index (χ4v) is 4.28. The molecule has 0 bridgehead atoms. The Hall–Kier alpha value is -3.51. The van der Waals surface area contributed by atoms with Gasteiger partial charge >= 0.3 is 0 Å². The molecule has 0 saturated carbocycles. The Balaban J connectivity index is 1.85. The Morgan fingerprint density at radius 1 is 0.767 bits per heavy atom. The van der Waals surface area contributed by atoms with Crippen LogP contribution in [0.4, 0.5) is 5.69 Å². The molecule has 3 aromatic carbocycles. The summed E-state index contributed by atoms with van der Waals surface area (Å²) < 4.78 is 10.7. The third-order valence-corrected chi connectivity index (χ3v) is 5.78. The maximum Gasteiger partial charge on any atom is 0.273 e. The van der Waals surface area contributed by atoms with Crippen molar-refractivity contribution < 1.29 is 19.1 Å². The zero-order chi connectivity index (χ0) is 21.1. The average Bonchev–Trinajstić information content (AvgIpc) is 3.03. The Morgan fingerprint density at radius 2 is 1.43 bits per heavy atom. The van der Waals surface area contributed by atoms with Crippen LogP contribution in [0.5, 0.6) is 11.5 Å². The molecule has 0 N–H and O–H groups in total. The lowest BCUT2D eigenvalue weighted by molar-refractivity contribution is -0.119. The number of carbonyl (C=O) groups is 2. The molecule has 30 heavy (non-hydrogen) atoms. The zero-order valence-corrected chi connectivity index (χ0v) is 17.3. The Morgan fingerprint density at radius 3 is 2.07 bits per heavy atom. The minimum Gasteiger partial charge on any atom is -0.497 e. The molecule has 2 amide bonds. The molecular formula is C24H19NO4S. The fraction of sp³-hybridized carbons (Fsp3) is 0.0833. The molecule has 1 aliphatic heterocycles. The van der Waals surface area contributed by atoms with Gasteiger partial charge in [0.15, 0.2) is 0 Å². The molecule has 5 nitrogen and oxygen atoms in total. The molecule has 4 rings (SSSR count). The smallest absolute Gasteiger partial charge is 0.273 e. The third kappa shape index (κ3) is 3.57. The summed E-state index contributed by atoms with van der Waals surface area (Å²) in [5, 5.41) is 0. The second-order valence-electron chi connectivity index (χ2n) is 6.47. The molecule has 0 fully saturated rings. The number of nitrogens with zero attached hydrogens (tertiary/aromatic N) is 1. The molecule has 3 aromatic rings. The van der Waals surface area contributed by atoms with Gasteiger partial charge in [-0.05, 0) is 29.8 Å². The van der Waals surface area contributed by atoms with E-state index in [1.807, 2.05) is 60.7 Å². The molecule has 0 radical (unpaired) electrons. The number of ether oxygens (including phenoxy) is 2. The molecule has 0 unspecified atom stereocenters. The van der Waals surface area contributed by atoms with Crippen LogP contribution >= 0.6 is 11.8 Å². The van der Waals surface area contributed by atoms with Crippen LogP contribution in [-0.2, 0) is 9.59 Å². The minimum atomic E-state index is -0.392. The van der Waals surface area contributed by atoms with Crippen molar-refractivity contribution in [3.8, 4) is 11.5 Å². The van der Waals surface area contributed by atoms with E-state index in [4.69, 9.17) is 9.47 Å². The van der Waals surface area contributed by atoms with Gasteiger partial charge in [0, 0.05) is 11.0 Å². The van der Waals surface area contributed by atoms with E-state index in [1.165, 1.54) is 26.0 Å². The van der Waals surface area contributed by atoms with Crippen molar-refractivity contribution in [1.29, 1.82) is 0 Å². The summed E-state index contributed by atoms with van der Waals surface area (Å²) in [4.78, 5) is 29.4. The molecule has 0 saturated heterocycles. The van der Waals surface area contributed by atoms with Gasteiger partial charge in [-0.15, -0.1) is 0 Å². The highest BCUT2D eigenvalue weighted by atomic mass is 32.2. The summed E-state index contributed by atoms with van der Waals surface area (Å²) >= 11 is 1.28. The van der Waals surface area contributed by atoms with Gasteiger partial charge in [0.25, 0.3) is 11.8 Å². The summed E-state index contributed by atoms with van der Waals surface area (Å²) in [5.74, 6) is 0.156. The predicted octanol–water partition coefficient (Wildman–Crippen LogP) is 4.78. The largest absolute Gasteiger partial charge is 0.497 e. The normalized spacial score (nSPS) is 13.7. The number of thioether (sulfide) groups is 1. The number of hydrogen-bond donors (Lipinski definition) is 0. The van der Waals surface area contributed by atoms with Crippen molar-refractivity contribution in [3.63, 3.8) is 0 Å². The van der Waals surface area contributed by atoms with E-state index in [2.05, 4.69) is 0 Å². The summed E-state index contributed by atoms with van der Waals surface area (Å²) in [5.41, 5.74) is 1.42. The van der Waals surface area contributed by atoms with E-state index < -0.39 is 5.91 Å². The van der Waals surface area contributed by atoms with Crippen LogP contribution in [0.3, 0.4) is 0 Å². The monoisotopic (exact) mass is 417 g/mol. The summed E-state index contributed by atoms with van der Waals surface area (Å²) in [6.45, 7) is 0. The molecule has 0 spiro atoms. The summed E-state index contributed by atoms with van der Waals surface area (Å²) in [7, 11) is 3.03. The molecule has 0 aromatic heterocycles. The van der Waals surface area contributed by atoms with Crippen LogP contribution in [0.1, 0.15) is 5.56 Å². The molecule has 6 heteroatoms. The van der Waals surface area contributed by atoms with Crippen molar-refractivity contribution in [3.05, 3.63) is 89.3 Å². The average molecular weight is 417 g/mol. The number of hydrogen-bond acceptors (Lipinski definition) is 5. The van der Waals surface area contributed by atoms with Crippen LogP contribution < -0.4 is 14.4 Å². The van der Waals surface area contributed by atoms with E-state index in [0.717, 1.165) is 9.80 Å². The number of benzene rings is 3. The van der Waals surface area contributed by atoms with Crippen LogP contribution in [0.2, 0.25) is 0 Å². The topological polar surface area (TPSA) is 55.8 Å². The number of methoxy groups -OCH3 is 2. The van der Waals surface area contributed by atoms with Crippen LogP contribution in [-0.4, -0.2) is 26.0 Å². The van der Waals surface area contributed by atoms with Gasteiger partial charge in [-0.25, -0.2) is 4.90 Å². The standard InChI is InChI=1S/C24H19NO4S/c1-28-17-13-14-20(29-2)19(15-17)25-23(26)21(16-9-5-3-6-10-16)22(24(25)27)30-18-11-7-4-8-12-18/h3-15H,1-2H3. The Bertz CT molecular complexity index is 1130. The van der Waals surface area contributed by atoms with Gasteiger partial charge in [-0.1, -0.05) is 60.3 Å². The van der Waals surface area contributed by atoms with E-state index in [-0.39, 0.29) is 5.91 Å². The first-order valence-corrected chi connectivity index (χ1v) is 10.1. The van der Waals surface area contributed by atoms with Gasteiger partial charge in [0.2, 0.25) is 0 Å². The van der Waals surface area contributed by atoms with Crippen molar-refractivity contribution in [2.75, 3.05) is 19.1 Å². The first kappa shape index (κ1) is 19.8. The lowest BCUT2D eigenvalue weighted by Gasteiger charge is -2.19. The predicted molar refractivity (Wildman–Crippen MR) is 118 cm³/mol. The molecular weight excluding hydrogens is 398 g/mol. The number of anilines is 1. The van der Waals surface area contributed by atoms with E-state index in [0.29, 0.717) is 33.2 Å². The first-order chi connectivity index (χ1) is 14.6. The maximum atomic E-state index is 13.5. The third-order valence-electron chi connectivity index (χ3n) is 4.69. The van der Waals surface area contributed by atoms with Crippen molar-refractivity contribution in [1.82, 2.24) is 0 Å². The van der Waals surface area contributed by atoms with Gasteiger partial charge < -0.3 is 9.47 Å². The highest BCUT2D eigenvalue weighted by Gasteiger charge is 2.41. The quantitative estimate of drug-likeness (QED) is 0.540. The molecule has 1 heterocycles. The SMILES string of the molecule is COc1ccc(OC)c(N2C(=O)C(Sc3ccccc3)=C(c3ccccc3)C2=O)c1. The lowest BCUT2D eigenvalue weighted by Crippen LogP contribution is -2.31. The van der Waals surface area contributed by atoms with Gasteiger partial charge in [-0.3, -0.25) is 9.59 Å². The van der Waals surface area contributed by atoms with Crippen LogP contribution in [0, 0.1) is 0 Å². The molecule has 1 aliphatic rings. The van der Waals surface area contributed by atoms with Crippen LogP contribution in [0.25, 0.3) is 5.57 Å². The maximum absolute atomic E-state index is 13.5. The Kier molecular flexibility index (Phi) is 5.59. The lowest BCUT2D eigenvalue weighted by atomic mass is 10.1. The number of rotatable bonds is 6. The molecule has 0 aliphatic carbocycles. The number of amides is 2. The molecule has 0 atom stereocenters. The number of imide groups is 1. The van der Waals surface area contributed by atoms with Gasteiger partial charge in [0.05, 0.1) is 30.4 Å². The highest BCUT2D eigenvalue weighted by Crippen LogP contribution is 2.44. The van der Waals surface area contributed by atoms with Crippen LogP contribution in [0.15, 0.2) is 88.7 Å². The Labute approximate surface area is 178 Å². The summed E-state index contributed by atoms with van der Waals surface area (Å²) in [6.07, 6.45) is 0. The second-order valence-corrected chi connectivity index (χ2v) is 7.55. The minimum absolute atomic E-state index is 0.351. The van der Waals surface area contributed by atoms with Gasteiger partial charge in [-0.2, -0.15) is 0 Å². The van der Waals surface area contributed by atoms with E-state index in [1.54, 1.807) is 18.2 Å². The van der Waals surface area contributed by atoms with Gasteiger partial charge in [0.1, 0.15) is 11.5 Å². The second kappa shape index (κ2) is 8.47. The molecule has 150 valence electrons. The van der Waals surface area contributed by atoms with E-state index >= 15 is 0 Å². The highest BCUT2D eigenvalue weighted by molar-refractivity contribution is 8.04. The van der Waals surface area contributed by atoms with E-state index in [9.17, 15) is 9.59 Å². The first-order valence-electron chi connectivity index (χ1n) is 9.27.